The van der Waals surface area contributed by atoms with Crippen LogP contribution < -0.4 is 5.73 Å². The molecule has 1 aliphatic heterocycles. The summed E-state index contributed by atoms with van der Waals surface area (Å²) in [4.78, 5) is 4.61. The zero-order valence-electron chi connectivity index (χ0n) is 11.3. The molecule has 3 rings (SSSR count). The van der Waals surface area contributed by atoms with Crippen LogP contribution in [0.4, 0.5) is 0 Å². The lowest BCUT2D eigenvalue weighted by molar-refractivity contribution is 0.421. The second-order valence-corrected chi connectivity index (χ2v) is 5.41. The van der Waals surface area contributed by atoms with Gasteiger partial charge in [0.2, 0.25) is 0 Å². The van der Waals surface area contributed by atoms with Crippen molar-refractivity contribution in [2.75, 3.05) is 0 Å². The predicted octanol–water partition coefficient (Wildman–Crippen LogP) is 1.65. The van der Waals surface area contributed by atoms with Gasteiger partial charge in [-0.05, 0) is 25.3 Å². The largest absolute Gasteiger partial charge is 0.326 e. The maximum atomic E-state index is 5.95. The first kappa shape index (κ1) is 12.4. The number of nitrogens with zero attached hydrogens (tertiary/aromatic N) is 3. The normalized spacial score (nSPS) is 18.3. The Morgan fingerprint density at radius 2 is 2.05 bits per heavy atom. The zero-order valence-corrected chi connectivity index (χ0v) is 11.3. The molecule has 2 N–H and O–H groups in total. The Bertz CT molecular complexity index is 556. The molecule has 0 radical (unpaired) electrons. The van der Waals surface area contributed by atoms with Crippen molar-refractivity contribution in [3.8, 4) is 0 Å². The van der Waals surface area contributed by atoms with Gasteiger partial charge in [-0.25, -0.2) is 9.67 Å². The molecule has 0 aliphatic carbocycles. The van der Waals surface area contributed by atoms with Gasteiger partial charge in [-0.1, -0.05) is 29.8 Å². The van der Waals surface area contributed by atoms with Gasteiger partial charge in [0.05, 0.1) is 6.54 Å². The van der Waals surface area contributed by atoms with E-state index in [4.69, 9.17) is 5.73 Å². The quantitative estimate of drug-likeness (QED) is 0.908. The van der Waals surface area contributed by atoms with Gasteiger partial charge in [-0.15, -0.1) is 0 Å². The van der Waals surface area contributed by atoms with E-state index >= 15 is 0 Å². The SMILES string of the molecule is Cc1ccc(CCc2nc3n(n2)CC(N)CC3)cc1. The van der Waals surface area contributed by atoms with Crippen LogP contribution in [0.3, 0.4) is 0 Å². The third kappa shape index (κ3) is 2.84. The highest BCUT2D eigenvalue weighted by atomic mass is 15.4. The van der Waals surface area contributed by atoms with Crippen LogP contribution in [0.2, 0.25) is 0 Å². The average Bonchev–Trinajstić information content (AvgIpc) is 2.80. The first-order valence-corrected chi connectivity index (χ1v) is 6.94. The summed E-state index contributed by atoms with van der Waals surface area (Å²) < 4.78 is 1.98. The second-order valence-electron chi connectivity index (χ2n) is 5.41. The van der Waals surface area contributed by atoms with E-state index in [1.54, 1.807) is 0 Å². The van der Waals surface area contributed by atoms with Gasteiger partial charge in [-0.2, -0.15) is 5.10 Å². The Kier molecular flexibility index (Phi) is 3.34. The van der Waals surface area contributed by atoms with Crippen LogP contribution in [-0.4, -0.2) is 20.8 Å². The Labute approximate surface area is 113 Å². The van der Waals surface area contributed by atoms with Crippen molar-refractivity contribution in [1.29, 1.82) is 0 Å². The molecule has 1 aromatic heterocycles. The number of fused-ring (bicyclic) bond motifs is 1. The van der Waals surface area contributed by atoms with E-state index in [0.29, 0.717) is 0 Å². The van der Waals surface area contributed by atoms with Gasteiger partial charge in [0.1, 0.15) is 5.82 Å². The molecule has 1 atom stereocenters. The fraction of sp³-hybridized carbons (Fsp3) is 0.467. The molecule has 0 spiro atoms. The van der Waals surface area contributed by atoms with Gasteiger partial charge >= 0.3 is 0 Å². The molecule has 19 heavy (non-hydrogen) atoms. The molecule has 0 saturated heterocycles. The predicted molar refractivity (Wildman–Crippen MR) is 74.9 cm³/mol. The van der Waals surface area contributed by atoms with E-state index in [0.717, 1.165) is 43.9 Å². The maximum Gasteiger partial charge on any atom is 0.151 e. The van der Waals surface area contributed by atoms with Gasteiger partial charge in [0, 0.05) is 18.9 Å². The third-order valence-electron chi connectivity index (χ3n) is 3.70. The number of aryl methyl sites for hydroxylation is 4. The third-order valence-corrected chi connectivity index (χ3v) is 3.70. The summed E-state index contributed by atoms with van der Waals surface area (Å²) in [5, 5.41) is 4.56. The van der Waals surface area contributed by atoms with Crippen molar-refractivity contribution in [3.63, 3.8) is 0 Å². The molecule has 2 aromatic rings. The summed E-state index contributed by atoms with van der Waals surface area (Å²) in [7, 11) is 0. The van der Waals surface area contributed by atoms with Crippen LogP contribution in [0.15, 0.2) is 24.3 Å². The molecule has 4 heteroatoms. The van der Waals surface area contributed by atoms with Crippen molar-refractivity contribution in [2.45, 2.75) is 45.2 Å². The van der Waals surface area contributed by atoms with Crippen LogP contribution in [0.1, 0.15) is 29.2 Å². The summed E-state index contributed by atoms with van der Waals surface area (Å²) in [5.41, 5.74) is 8.59. The van der Waals surface area contributed by atoms with Crippen LogP contribution in [0, 0.1) is 6.92 Å². The first-order chi connectivity index (χ1) is 9.20. The Hall–Kier alpha value is -1.68. The van der Waals surface area contributed by atoms with Crippen molar-refractivity contribution >= 4 is 0 Å². The molecule has 2 heterocycles. The topological polar surface area (TPSA) is 56.7 Å². The van der Waals surface area contributed by atoms with Gasteiger partial charge in [0.25, 0.3) is 0 Å². The first-order valence-electron chi connectivity index (χ1n) is 6.94. The molecule has 4 nitrogen and oxygen atoms in total. The van der Waals surface area contributed by atoms with Gasteiger partial charge < -0.3 is 5.73 Å². The highest BCUT2D eigenvalue weighted by molar-refractivity contribution is 5.21. The molecular weight excluding hydrogens is 236 g/mol. The van der Waals surface area contributed by atoms with E-state index in [-0.39, 0.29) is 6.04 Å². The highest BCUT2D eigenvalue weighted by Crippen LogP contribution is 2.13. The lowest BCUT2D eigenvalue weighted by Gasteiger charge is -2.17. The lowest BCUT2D eigenvalue weighted by Crippen LogP contribution is -2.32. The summed E-state index contributed by atoms with van der Waals surface area (Å²) in [6.07, 6.45) is 3.88. The fourth-order valence-electron chi connectivity index (χ4n) is 2.50. The van der Waals surface area contributed by atoms with E-state index in [1.807, 2.05) is 4.68 Å². The van der Waals surface area contributed by atoms with Crippen LogP contribution in [0.5, 0.6) is 0 Å². The van der Waals surface area contributed by atoms with E-state index < -0.39 is 0 Å². The molecule has 100 valence electrons. The van der Waals surface area contributed by atoms with E-state index in [1.165, 1.54) is 11.1 Å². The molecule has 0 saturated carbocycles. The number of hydrogen-bond donors (Lipinski definition) is 1. The standard InChI is InChI=1S/C15H20N4/c1-11-2-4-12(5-3-11)6-8-14-17-15-9-7-13(16)10-19(15)18-14/h2-5,13H,6-10,16H2,1H3. The minimum Gasteiger partial charge on any atom is -0.326 e. The molecule has 1 aromatic carbocycles. The maximum absolute atomic E-state index is 5.95. The molecule has 0 fully saturated rings. The Balaban J connectivity index is 1.66. The number of nitrogens with two attached hydrogens (primary N) is 1. The fourth-order valence-corrected chi connectivity index (χ4v) is 2.50. The number of rotatable bonds is 3. The minimum atomic E-state index is 0.235. The molecule has 0 amide bonds. The molecular formula is C15H20N4. The van der Waals surface area contributed by atoms with Crippen molar-refractivity contribution < 1.29 is 0 Å². The summed E-state index contributed by atoms with van der Waals surface area (Å²) in [6.45, 7) is 2.92. The Morgan fingerprint density at radius 1 is 1.26 bits per heavy atom. The monoisotopic (exact) mass is 256 g/mol. The average molecular weight is 256 g/mol. The zero-order chi connectivity index (χ0) is 13.2. The van der Waals surface area contributed by atoms with Crippen LogP contribution in [0.25, 0.3) is 0 Å². The van der Waals surface area contributed by atoms with Crippen molar-refractivity contribution in [1.82, 2.24) is 14.8 Å². The number of hydrogen-bond acceptors (Lipinski definition) is 3. The van der Waals surface area contributed by atoms with Crippen LogP contribution >= 0.6 is 0 Å². The minimum absolute atomic E-state index is 0.235. The van der Waals surface area contributed by atoms with Gasteiger partial charge in [0.15, 0.2) is 5.82 Å². The summed E-state index contributed by atoms with van der Waals surface area (Å²) in [6, 6.07) is 8.90. The van der Waals surface area contributed by atoms with E-state index in [9.17, 15) is 0 Å². The summed E-state index contributed by atoms with van der Waals surface area (Å²) in [5.74, 6) is 2.05. The highest BCUT2D eigenvalue weighted by Gasteiger charge is 2.18. The smallest absolute Gasteiger partial charge is 0.151 e. The molecule has 1 aliphatic rings. The van der Waals surface area contributed by atoms with Gasteiger partial charge in [-0.3, -0.25) is 0 Å². The molecule has 0 bridgehead atoms. The van der Waals surface area contributed by atoms with Crippen molar-refractivity contribution in [2.24, 2.45) is 5.73 Å². The second kappa shape index (κ2) is 5.13. The number of aromatic nitrogens is 3. The lowest BCUT2D eigenvalue weighted by atomic mass is 10.1. The molecule has 1 unspecified atom stereocenters. The van der Waals surface area contributed by atoms with Crippen molar-refractivity contribution in [3.05, 3.63) is 47.0 Å². The van der Waals surface area contributed by atoms with E-state index in [2.05, 4.69) is 41.3 Å². The number of benzene rings is 1. The summed E-state index contributed by atoms with van der Waals surface area (Å²) >= 11 is 0. The Morgan fingerprint density at radius 3 is 2.84 bits per heavy atom. The van der Waals surface area contributed by atoms with Crippen LogP contribution in [-0.2, 0) is 25.8 Å².